The second kappa shape index (κ2) is 14.6. The van der Waals surface area contributed by atoms with Crippen molar-refractivity contribution in [3.8, 4) is 17.1 Å². The lowest BCUT2D eigenvalue weighted by Crippen LogP contribution is -2.40. The van der Waals surface area contributed by atoms with Crippen LogP contribution in [0.4, 0.5) is 11.4 Å². The van der Waals surface area contributed by atoms with Gasteiger partial charge < -0.3 is 10.1 Å². The minimum atomic E-state index is -0.834. The van der Waals surface area contributed by atoms with E-state index in [1.54, 1.807) is 73.7 Å². The third kappa shape index (κ3) is 7.01. The van der Waals surface area contributed by atoms with E-state index in [0.717, 1.165) is 23.1 Å². The third-order valence-corrected chi connectivity index (χ3v) is 10.5. The number of methoxy groups -OCH3 is 1. The summed E-state index contributed by atoms with van der Waals surface area (Å²) in [6.45, 7) is 1.73. The first-order chi connectivity index (χ1) is 25.1. The third-order valence-electron chi connectivity index (χ3n) is 8.04. The summed E-state index contributed by atoms with van der Waals surface area (Å²) >= 11 is 14.4. The number of nitrogens with one attached hydrogen (secondary N) is 2. The van der Waals surface area contributed by atoms with Crippen LogP contribution in [-0.4, -0.2) is 37.7 Å². The fraction of sp³-hybridized carbons (Fsp3) is 0.0833. The summed E-state index contributed by atoms with van der Waals surface area (Å²) in [5, 5.41) is 23.2. The number of fused-ring (bicyclic) bond motifs is 1. The van der Waals surface area contributed by atoms with Gasteiger partial charge in [0.15, 0.2) is 10.6 Å². The van der Waals surface area contributed by atoms with Gasteiger partial charge in [0.2, 0.25) is 5.16 Å². The summed E-state index contributed by atoms with van der Waals surface area (Å²) in [6, 6.07) is 24.9. The highest BCUT2D eigenvalue weighted by Gasteiger charge is 2.33. The monoisotopic (exact) mass is 769 g/mol. The van der Waals surface area contributed by atoms with Crippen molar-refractivity contribution >= 4 is 69.7 Å². The van der Waals surface area contributed by atoms with Gasteiger partial charge in [-0.2, -0.15) is 0 Å². The molecule has 0 aliphatic carbocycles. The van der Waals surface area contributed by atoms with Crippen molar-refractivity contribution in [2.24, 2.45) is 4.99 Å². The van der Waals surface area contributed by atoms with Gasteiger partial charge in [-0.1, -0.05) is 70.9 Å². The number of amides is 1. The number of aromatic nitrogens is 4. The molecule has 0 fully saturated rings. The number of H-pyrrole nitrogens is 1. The number of thiazole rings is 1. The molecule has 12 nitrogen and oxygen atoms in total. The maximum absolute atomic E-state index is 14.2. The second-order valence-corrected chi connectivity index (χ2v) is 14.2. The zero-order chi connectivity index (χ0) is 36.5. The number of nitro benzene ring substituents is 1. The van der Waals surface area contributed by atoms with Crippen molar-refractivity contribution in [2.75, 3.05) is 12.4 Å². The predicted molar refractivity (Wildman–Crippen MR) is 201 cm³/mol. The SMILES string of the molecule is COc1cccc([C@@H]2C(C(=O)Nc3ccccc3)=C(C)N=c3s/c(=C/c4ccc(Sc5n[nH]c(-c6ccc(Cl)cc6Cl)n5)c([N+](=O)[O-])c4)c(=O)n32)c1. The molecule has 0 radical (unpaired) electrons. The summed E-state index contributed by atoms with van der Waals surface area (Å²) < 4.78 is 7.22. The lowest BCUT2D eigenvalue weighted by Gasteiger charge is -2.25. The number of hydrogen-bond acceptors (Lipinski definition) is 10. The Kier molecular flexibility index (Phi) is 9.79. The largest absolute Gasteiger partial charge is 0.497 e. The van der Waals surface area contributed by atoms with Gasteiger partial charge in [0.25, 0.3) is 17.2 Å². The lowest BCUT2D eigenvalue weighted by atomic mass is 9.95. The number of nitrogens with zero attached hydrogens (tertiary/aromatic N) is 5. The number of para-hydroxylation sites is 1. The number of nitro groups is 1. The maximum Gasteiger partial charge on any atom is 0.283 e. The quantitative estimate of drug-likeness (QED) is 0.117. The van der Waals surface area contributed by atoms with E-state index in [0.29, 0.717) is 65.0 Å². The molecule has 1 amide bonds. The zero-order valence-corrected chi connectivity index (χ0v) is 30.3. The Morgan fingerprint density at radius 1 is 1.08 bits per heavy atom. The highest BCUT2D eigenvalue weighted by Crippen LogP contribution is 2.36. The van der Waals surface area contributed by atoms with E-state index in [9.17, 15) is 19.7 Å². The normalized spacial score (nSPS) is 14.2. The summed E-state index contributed by atoms with van der Waals surface area (Å²) in [5.41, 5.74) is 2.35. The number of anilines is 1. The Morgan fingerprint density at radius 3 is 2.63 bits per heavy atom. The van der Waals surface area contributed by atoms with Gasteiger partial charge >= 0.3 is 0 Å². The first kappa shape index (κ1) is 34.9. The summed E-state index contributed by atoms with van der Waals surface area (Å²) in [4.78, 5) is 49.5. The molecule has 2 aromatic heterocycles. The summed E-state index contributed by atoms with van der Waals surface area (Å²) in [7, 11) is 1.54. The minimum Gasteiger partial charge on any atom is -0.497 e. The molecule has 7 rings (SSSR count). The van der Waals surface area contributed by atoms with Crippen molar-refractivity contribution in [1.29, 1.82) is 0 Å². The number of carbonyl (C=O) groups is 1. The highest BCUT2D eigenvalue weighted by atomic mass is 35.5. The number of ether oxygens (including phenoxy) is 1. The van der Waals surface area contributed by atoms with Gasteiger partial charge in [-0.15, -0.1) is 5.10 Å². The van der Waals surface area contributed by atoms with Gasteiger partial charge in [-0.25, -0.2) is 9.98 Å². The number of halogens is 2. The van der Waals surface area contributed by atoms with Crippen LogP contribution in [0.1, 0.15) is 24.1 Å². The van der Waals surface area contributed by atoms with E-state index >= 15 is 0 Å². The molecule has 0 saturated carbocycles. The van der Waals surface area contributed by atoms with E-state index in [1.807, 2.05) is 24.3 Å². The molecule has 4 aromatic carbocycles. The fourth-order valence-electron chi connectivity index (χ4n) is 5.66. The van der Waals surface area contributed by atoms with Crippen LogP contribution in [0.25, 0.3) is 17.5 Å². The predicted octanol–water partition coefficient (Wildman–Crippen LogP) is 7.03. The Labute approximate surface area is 313 Å². The Morgan fingerprint density at radius 2 is 1.88 bits per heavy atom. The number of benzene rings is 4. The van der Waals surface area contributed by atoms with Crippen molar-refractivity contribution in [1.82, 2.24) is 19.7 Å². The molecule has 3 heterocycles. The van der Waals surface area contributed by atoms with E-state index in [2.05, 4.69) is 25.5 Å². The highest BCUT2D eigenvalue weighted by molar-refractivity contribution is 7.99. The molecule has 2 N–H and O–H groups in total. The van der Waals surface area contributed by atoms with Crippen LogP contribution in [0.5, 0.6) is 5.75 Å². The smallest absolute Gasteiger partial charge is 0.283 e. The summed E-state index contributed by atoms with van der Waals surface area (Å²) in [6.07, 6.45) is 1.57. The Balaban J connectivity index is 1.26. The first-order valence-electron chi connectivity index (χ1n) is 15.5. The van der Waals surface area contributed by atoms with Crippen LogP contribution in [0.2, 0.25) is 10.0 Å². The van der Waals surface area contributed by atoms with Crippen molar-refractivity contribution in [3.63, 3.8) is 0 Å². The Hall–Kier alpha value is -5.54. The van der Waals surface area contributed by atoms with Gasteiger partial charge in [-0.3, -0.25) is 29.4 Å². The average molecular weight is 771 g/mol. The molecule has 1 atom stereocenters. The number of allylic oxidation sites excluding steroid dienone is 1. The molecule has 6 aromatic rings. The molecule has 0 spiro atoms. The van der Waals surface area contributed by atoms with Crippen molar-refractivity contribution < 1.29 is 14.5 Å². The molecule has 1 aliphatic heterocycles. The van der Waals surface area contributed by atoms with Gasteiger partial charge in [0.1, 0.15) is 5.75 Å². The van der Waals surface area contributed by atoms with Crippen LogP contribution in [-0.2, 0) is 4.79 Å². The molecule has 260 valence electrons. The van der Waals surface area contributed by atoms with Gasteiger partial charge in [0, 0.05) is 22.3 Å². The molecular formula is C36H25Cl2N7O5S2. The van der Waals surface area contributed by atoms with E-state index in [4.69, 9.17) is 27.9 Å². The van der Waals surface area contributed by atoms with Crippen LogP contribution < -0.4 is 24.9 Å². The van der Waals surface area contributed by atoms with Crippen molar-refractivity contribution in [2.45, 2.75) is 23.0 Å². The maximum atomic E-state index is 14.2. The minimum absolute atomic E-state index is 0.202. The Bertz CT molecular complexity index is 2600. The van der Waals surface area contributed by atoms with Crippen LogP contribution >= 0.6 is 46.3 Å². The van der Waals surface area contributed by atoms with Crippen molar-refractivity contribution in [3.05, 3.63) is 153 Å². The molecule has 52 heavy (non-hydrogen) atoms. The molecule has 1 aliphatic rings. The van der Waals surface area contributed by atoms with E-state index in [-0.39, 0.29) is 15.4 Å². The number of hydrogen-bond donors (Lipinski definition) is 2. The number of carbonyl (C=O) groups excluding carboxylic acids is 1. The summed E-state index contributed by atoms with van der Waals surface area (Å²) in [5.74, 6) is 0.521. The number of aromatic amines is 1. The van der Waals surface area contributed by atoms with Gasteiger partial charge in [0.05, 0.1) is 43.8 Å². The fourth-order valence-corrected chi connectivity index (χ4v) is 8.00. The van der Waals surface area contributed by atoms with E-state index in [1.165, 1.54) is 17.7 Å². The van der Waals surface area contributed by atoms with Gasteiger partial charge in [-0.05, 0) is 84.4 Å². The molecule has 0 bridgehead atoms. The first-order valence-corrected chi connectivity index (χ1v) is 17.9. The molecule has 0 unspecified atom stereocenters. The second-order valence-electron chi connectivity index (χ2n) is 11.4. The lowest BCUT2D eigenvalue weighted by molar-refractivity contribution is -0.387. The van der Waals surface area contributed by atoms with Crippen LogP contribution in [0.15, 0.2) is 122 Å². The van der Waals surface area contributed by atoms with E-state index < -0.39 is 22.4 Å². The standard InChI is InChI=1S/C36H25Cl2N7O5S2/c1-19-30(33(46)40-23-8-4-3-5-9-23)31(21-7-6-10-24(17-21)50-2)44-34(47)29(52-36(44)39-19)16-20-11-14-28(27(15-20)45(48)49)51-35-41-32(42-43-35)25-13-12-22(37)18-26(25)38/h3-18,31H,1-2H3,(H,40,46)(H,41,42,43)/b29-16+/t31-/m1/s1. The van der Waals surface area contributed by atoms with Crippen LogP contribution in [0.3, 0.4) is 0 Å². The average Bonchev–Trinajstić information content (AvgIpc) is 3.71. The number of rotatable bonds is 9. The molecule has 0 saturated heterocycles. The zero-order valence-electron chi connectivity index (χ0n) is 27.2. The topological polar surface area (TPSA) is 157 Å². The molecule has 16 heteroatoms. The molecular weight excluding hydrogens is 745 g/mol. The van der Waals surface area contributed by atoms with Crippen LogP contribution in [0, 0.1) is 10.1 Å².